The van der Waals surface area contributed by atoms with Gasteiger partial charge in [-0.2, -0.15) is 0 Å². The molecule has 0 saturated heterocycles. The molecule has 0 aliphatic rings. The van der Waals surface area contributed by atoms with Crippen LogP contribution in [0.4, 0.5) is 4.39 Å². The highest BCUT2D eigenvalue weighted by atomic mass is 35.5. The molecule has 2 N–H and O–H groups in total. The number of hydrogen-bond acceptors (Lipinski definition) is 4. The van der Waals surface area contributed by atoms with Gasteiger partial charge in [0, 0.05) is 43.9 Å². The number of aromatic nitrogens is 1. The number of carbonyl (C=O) groups is 2. The van der Waals surface area contributed by atoms with Crippen molar-refractivity contribution in [3.63, 3.8) is 0 Å². The van der Waals surface area contributed by atoms with E-state index in [0.29, 0.717) is 24.4 Å². The van der Waals surface area contributed by atoms with Crippen LogP contribution in [0.5, 0.6) is 0 Å². The maximum Gasteiger partial charge on any atom is 0.253 e. The van der Waals surface area contributed by atoms with Crippen LogP contribution in [0.25, 0.3) is 0 Å². The standard InChI is InChI=1S/C22H28ClFN4O2/c1-14(20-8-6-16(23)12-26-20)9-21(29)27-13-17(28(3)4)10-15-5-7-18(19(24)11-15)22(30)25-2/h5-8,11-12,14,17H,9-10,13H2,1-4H3,(H,25,30)(H,27,29)/t14-,17+/m1/s1. The zero-order valence-corrected chi connectivity index (χ0v) is 18.5. The fourth-order valence-electron chi connectivity index (χ4n) is 3.08. The molecule has 2 aromatic rings. The van der Waals surface area contributed by atoms with Gasteiger partial charge in [-0.3, -0.25) is 14.6 Å². The number of benzene rings is 1. The smallest absolute Gasteiger partial charge is 0.253 e. The molecule has 1 heterocycles. The Morgan fingerprint density at radius 1 is 1.23 bits per heavy atom. The van der Waals surface area contributed by atoms with Gasteiger partial charge in [0.2, 0.25) is 5.91 Å². The predicted octanol–water partition coefficient (Wildman–Crippen LogP) is 3.02. The fraction of sp³-hybridized carbons (Fsp3) is 0.409. The number of likely N-dealkylation sites (N-methyl/N-ethyl adjacent to an activating group) is 1. The number of halogens is 2. The van der Waals surface area contributed by atoms with Crippen molar-refractivity contribution in [3.05, 3.63) is 64.2 Å². The molecule has 30 heavy (non-hydrogen) atoms. The van der Waals surface area contributed by atoms with Gasteiger partial charge in [0.25, 0.3) is 5.91 Å². The first-order valence-electron chi connectivity index (χ1n) is 9.76. The Labute approximate surface area is 181 Å². The van der Waals surface area contributed by atoms with Gasteiger partial charge in [-0.1, -0.05) is 24.6 Å². The van der Waals surface area contributed by atoms with Crippen LogP contribution in [0, 0.1) is 5.82 Å². The summed E-state index contributed by atoms with van der Waals surface area (Å²) in [5.74, 6) is -1.13. The summed E-state index contributed by atoms with van der Waals surface area (Å²) < 4.78 is 14.2. The molecule has 0 fully saturated rings. The normalized spacial score (nSPS) is 13.0. The summed E-state index contributed by atoms with van der Waals surface area (Å²) in [5.41, 5.74) is 1.58. The van der Waals surface area contributed by atoms with Crippen LogP contribution in [-0.4, -0.2) is 55.4 Å². The highest BCUT2D eigenvalue weighted by Gasteiger charge is 2.18. The van der Waals surface area contributed by atoms with Crippen LogP contribution in [0.15, 0.2) is 36.5 Å². The number of rotatable bonds is 9. The number of nitrogens with one attached hydrogen (secondary N) is 2. The minimum atomic E-state index is -0.558. The van der Waals surface area contributed by atoms with Crippen LogP contribution in [0.3, 0.4) is 0 Å². The van der Waals surface area contributed by atoms with Crippen molar-refractivity contribution in [1.29, 1.82) is 0 Å². The Morgan fingerprint density at radius 2 is 1.97 bits per heavy atom. The largest absolute Gasteiger partial charge is 0.355 e. The third-order valence-electron chi connectivity index (χ3n) is 4.99. The topological polar surface area (TPSA) is 74.3 Å². The lowest BCUT2D eigenvalue weighted by atomic mass is 10.0. The molecule has 0 bridgehead atoms. The van der Waals surface area contributed by atoms with E-state index in [9.17, 15) is 14.0 Å². The van der Waals surface area contributed by atoms with E-state index in [0.717, 1.165) is 11.3 Å². The molecule has 8 heteroatoms. The third-order valence-corrected chi connectivity index (χ3v) is 5.21. The Balaban J connectivity index is 1.94. The van der Waals surface area contributed by atoms with Gasteiger partial charge in [0.05, 0.1) is 10.6 Å². The second kappa shape index (κ2) is 11.0. The van der Waals surface area contributed by atoms with Gasteiger partial charge >= 0.3 is 0 Å². The summed E-state index contributed by atoms with van der Waals surface area (Å²) in [6.07, 6.45) is 2.42. The number of amides is 2. The average Bonchev–Trinajstić information content (AvgIpc) is 2.70. The first-order chi connectivity index (χ1) is 14.2. The van der Waals surface area contributed by atoms with Crippen molar-refractivity contribution in [2.75, 3.05) is 27.7 Å². The molecule has 1 aromatic heterocycles. The van der Waals surface area contributed by atoms with Crippen molar-refractivity contribution in [2.24, 2.45) is 0 Å². The van der Waals surface area contributed by atoms with Crippen molar-refractivity contribution in [1.82, 2.24) is 20.5 Å². The van der Waals surface area contributed by atoms with E-state index >= 15 is 0 Å². The molecule has 0 unspecified atom stereocenters. The lowest BCUT2D eigenvalue weighted by Gasteiger charge is -2.25. The van der Waals surface area contributed by atoms with Crippen molar-refractivity contribution in [3.8, 4) is 0 Å². The van der Waals surface area contributed by atoms with E-state index in [1.54, 1.807) is 18.3 Å². The molecule has 2 amide bonds. The monoisotopic (exact) mass is 434 g/mol. The molecule has 1 aromatic carbocycles. The third kappa shape index (κ3) is 6.78. The molecule has 162 valence electrons. The van der Waals surface area contributed by atoms with E-state index in [-0.39, 0.29) is 23.4 Å². The summed E-state index contributed by atoms with van der Waals surface area (Å²) in [6, 6.07) is 8.14. The van der Waals surface area contributed by atoms with Crippen molar-refractivity contribution in [2.45, 2.75) is 31.7 Å². The number of pyridine rings is 1. The minimum absolute atomic E-state index is 0.0146. The Bertz CT molecular complexity index is 874. The average molecular weight is 435 g/mol. The van der Waals surface area contributed by atoms with Crippen molar-refractivity contribution >= 4 is 23.4 Å². The molecular weight excluding hydrogens is 407 g/mol. The fourth-order valence-corrected chi connectivity index (χ4v) is 3.19. The molecule has 0 aliphatic heterocycles. The highest BCUT2D eigenvalue weighted by molar-refractivity contribution is 6.30. The zero-order chi connectivity index (χ0) is 22.3. The van der Waals surface area contributed by atoms with Crippen LogP contribution >= 0.6 is 11.6 Å². The van der Waals surface area contributed by atoms with Gasteiger partial charge in [-0.05, 0) is 50.3 Å². The van der Waals surface area contributed by atoms with Crippen LogP contribution in [0.2, 0.25) is 5.02 Å². The Morgan fingerprint density at radius 3 is 2.53 bits per heavy atom. The first kappa shape index (κ1) is 23.8. The van der Waals surface area contributed by atoms with Crippen LogP contribution in [-0.2, 0) is 11.2 Å². The second-order valence-electron chi connectivity index (χ2n) is 7.53. The highest BCUT2D eigenvalue weighted by Crippen LogP contribution is 2.18. The number of carbonyl (C=O) groups excluding carboxylic acids is 2. The van der Waals surface area contributed by atoms with E-state index in [4.69, 9.17) is 11.6 Å². The molecule has 0 spiro atoms. The van der Waals surface area contributed by atoms with Crippen LogP contribution < -0.4 is 10.6 Å². The zero-order valence-electron chi connectivity index (χ0n) is 17.7. The number of hydrogen-bond donors (Lipinski definition) is 2. The van der Waals surface area contributed by atoms with Gasteiger partial charge in [0.1, 0.15) is 5.82 Å². The summed E-state index contributed by atoms with van der Waals surface area (Å²) in [4.78, 5) is 30.3. The van der Waals surface area contributed by atoms with Gasteiger partial charge in [0.15, 0.2) is 0 Å². The minimum Gasteiger partial charge on any atom is -0.355 e. The predicted molar refractivity (Wildman–Crippen MR) is 116 cm³/mol. The maximum atomic E-state index is 14.2. The SMILES string of the molecule is CNC(=O)c1ccc(C[C@@H](CNC(=O)C[C@@H](C)c2ccc(Cl)cn2)N(C)C)cc1F. The van der Waals surface area contributed by atoms with E-state index in [1.807, 2.05) is 32.0 Å². The van der Waals surface area contributed by atoms with E-state index in [1.165, 1.54) is 19.2 Å². The Hall–Kier alpha value is -2.51. The molecule has 2 rings (SSSR count). The van der Waals surface area contributed by atoms with Crippen molar-refractivity contribution < 1.29 is 14.0 Å². The van der Waals surface area contributed by atoms with E-state index < -0.39 is 11.7 Å². The summed E-state index contributed by atoms with van der Waals surface area (Å²) in [5, 5.41) is 5.93. The summed E-state index contributed by atoms with van der Waals surface area (Å²) in [6.45, 7) is 2.36. The molecular formula is C22H28ClFN4O2. The number of nitrogens with zero attached hydrogens (tertiary/aromatic N) is 2. The van der Waals surface area contributed by atoms with Crippen LogP contribution in [0.1, 0.15) is 40.9 Å². The first-order valence-corrected chi connectivity index (χ1v) is 10.1. The Kier molecular flexibility index (Phi) is 8.74. The summed E-state index contributed by atoms with van der Waals surface area (Å²) in [7, 11) is 5.28. The summed E-state index contributed by atoms with van der Waals surface area (Å²) >= 11 is 5.85. The molecule has 0 saturated carbocycles. The molecule has 6 nitrogen and oxygen atoms in total. The van der Waals surface area contributed by atoms with Gasteiger partial charge < -0.3 is 15.5 Å². The van der Waals surface area contributed by atoms with Gasteiger partial charge in [-0.25, -0.2) is 4.39 Å². The maximum absolute atomic E-state index is 14.2. The lowest BCUT2D eigenvalue weighted by Crippen LogP contribution is -2.41. The quantitative estimate of drug-likeness (QED) is 0.636. The molecule has 0 radical (unpaired) electrons. The lowest BCUT2D eigenvalue weighted by molar-refractivity contribution is -0.121. The molecule has 2 atom stereocenters. The second-order valence-corrected chi connectivity index (χ2v) is 7.96. The van der Waals surface area contributed by atoms with E-state index in [2.05, 4.69) is 15.6 Å². The molecule has 0 aliphatic carbocycles. The van der Waals surface area contributed by atoms with Gasteiger partial charge in [-0.15, -0.1) is 0 Å².